The molecule has 0 amide bonds. The van der Waals surface area contributed by atoms with E-state index < -0.39 is 6.10 Å². The molecule has 0 aliphatic carbocycles. The van der Waals surface area contributed by atoms with E-state index in [2.05, 4.69) is 27.8 Å². The summed E-state index contributed by atoms with van der Waals surface area (Å²) < 4.78 is 6.36. The summed E-state index contributed by atoms with van der Waals surface area (Å²) in [7, 11) is 0. The summed E-state index contributed by atoms with van der Waals surface area (Å²) in [5.41, 5.74) is 1.20. The molecule has 0 aliphatic heterocycles. The number of unbranched alkanes of at least 4 members (excludes halogenated alkanes) is 1. The second-order valence-electron chi connectivity index (χ2n) is 6.05. The Bertz CT molecular complexity index is 679. The van der Waals surface area contributed by atoms with Crippen LogP contribution in [-0.4, -0.2) is 37.3 Å². The molecule has 27 heavy (non-hydrogen) atoms. The first kappa shape index (κ1) is 21.7. The van der Waals surface area contributed by atoms with Gasteiger partial charge in [-0.2, -0.15) is 0 Å². The molecule has 0 aliphatic rings. The van der Waals surface area contributed by atoms with Gasteiger partial charge in [0, 0.05) is 24.6 Å². The molecule has 3 N–H and O–H groups in total. The zero-order valence-electron chi connectivity index (χ0n) is 15.7. The maximum atomic E-state index is 10.2. The highest BCUT2D eigenvalue weighted by Crippen LogP contribution is 2.26. The molecule has 0 saturated carbocycles. The van der Waals surface area contributed by atoms with Gasteiger partial charge in [0.2, 0.25) is 0 Å². The molecule has 2 rings (SSSR count). The van der Waals surface area contributed by atoms with Crippen molar-refractivity contribution < 1.29 is 9.84 Å². The monoisotopic (exact) mass is 409 g/mol. The van der Waals surface area contributed by atoms with Crippen molar-refractivity contribution in [1.82, 2.24) is 10.6 Å². The van der Waals surface area contributed by atoms with Gasteiger partial charge in [-0.3, -0.25) is 4.99 Å². The molecule has 7 heteroatoms. The van der Waals surface area contributed by atoms with Gasteiger partial charge < -0.3 is 20.5 Å². The van der Waals surface area contributed by atoms with Crippen LogP contribution in [0, 0.1) is 0 Å². The first-order chi connectivity index (χ1) is 13.2. The van der Waals surface area contributed by atoms with Gasteiger partial charge in [-0.15, -0.1) is 11.3 Å². The summed E-state index contributed by atoms with van der Waals surface area (Å²) >= 11 is 7.29. The summed E-state index contributed by atoms with van der Waals surface area (Å²) in [4.78, 5) is 5.28. The van der Waals surface area contributed by atoms with E-state index in [1.165, 1.54) is 16.9 Å². The van der Waals surface area contributed by atoms with Crippen molar-refractivity contribution >= 4 is 28.9 Å². The van der Waals surface area contributed by atoms with Gasteiger partial charge in [0.25, 0.3) is 0 Å². The van der Waals surface area contributed by atoms with Crippen LogP contribution in [0.2, 0.25) is 4.34 Å². The maximum absolute atomic E-state index is 10.2. The third kappa shape index (κ3) is 8.75. The molecular weight excluding hydrogens is 382 g/mol. The van der Waals surface area contributed by atoms with E-state index in [1.807, 2.05) is 31.2 Å². The Balaban J connectivity index is 1.62. The van der Waals surface area contributed by atoms with Crippen LogP contribution in [0.1, 0.15) is 36.3 Å². The van der Waals surface area contributed by atoms with Crippen LogP contribution >= 0.6 is 22.9 Å². The van der Waals surface area contributed by atoms with E-state index in [9.17, 15) is 5.11 Å². The summed E-state index contributed by atoms with van der Waals surface area (Å²) in [6.07, 6.45) is 1.34. The average Bonchev–Trinajstić information content (AvgIpc) is 3.12. The Labute approximate surface area is 170 Å². The molecule has 1 unspecified atom stereocenters. The first-order valence-electron chi connectivity index (χ1n) is 9.26. The van der Waals surface area contributed by atoms with Crippen LogP contribution in [0.3, 0.4) is 0 Å². The van der Waals surface area contributed by atoms with Gasteiger partial charge in [-0.25, -0.2) is 0 Å². The van der Waals surface area contributed by atoms with E-state index in [1.54, 1.807) is 6.07 Å². The molecule has 0 fully saturated rings. The number of aliphatic imine (C=N–C) groups is 1. The minimum absolute atomic E-state index is 0.298. The van der Waals surface area contributed by atoms with Crippen molar-refractivity contribution in [2.45, 2.75) is 32.5 Å². The highest BCUT2D eigenvalue weighted by atomic mass is 35.5. The number of benzene rings is 1. The quantitative estimate of drug-likeness (QED) is 0.298. The molecule has 1 aromatic carbocycles. The third-order valence-electron chi connectivity index (χ3n) is 3.81. The lowest BCUT2D eigenvalue weighted by Crippen LogP contribution is -2.38. The number of halogens is 1. The molecule has 1 heterocycles. The number of nitrogens with zero attached hydrogens (tertiary/aromatic N) is 1. The molecular formula is C20H28ClN3O2S. The molecule has 2 aromatic rings. The number of hydrogen-bond acceptors (Lipinski definition) is 4. The lowest BCUT2D eigenvalue weighted by atomic mass is 10.2. The van der Waals surface area contributed by atoms with Gasteiger partial charge in [0.1, 0.15) is 6.10 Å². The van der Waals surface area contributed by atoms with E-state index in [0.717, 1.165) is 37.4 Å². The summed E-state index contributed by atoms with van der Waals surface area (Å²) in [5.74, 6) is 0.712. The predicted molar refractivity (Wildman–Crippen MR) is 114 cm³/mol. The minimum Gasteiger partial charge on any atom is -0.386 e. The minimum atomic E-state index is -0.635. The Morgan fingerprint density at radius 2 is 2.00 bits per heavy atom. The fraction of sp³-hybridized carbons (Fsp3) is 0.450. The zero-order valence-corrected chi connectivity index (χ0v) is 17.2. The average molecular weight is 410 g/mol. The second kappa shape index (κ2) is 12.7. The summed E-state index contributed by atoms with van der Waals surface area (Å²) in [5, 5.41) is 16.7. The van der Waals surface area contributed by atoms with Crippen LogP contribution in [0.25, 0.3) is 0 Å². The topological polar surface area (TPSA) is 65.9 Å². The van der Waals surface area contributed by atoms with Crippen LogP contribution in [-0.2, 0) is 11.3 Å². The number of hydrogen-bond donors (Lipinski definition) is 3. The summed E-state index contributed by atoms with van der Waals surface area (Å²) in [6, 6.07) is 13.8. The zero-order chi connectivity index (χ0) is 19.3. The number of aliphatic hydroxyl groups excluding tert-OH is 1. The van der Waals surface area contributed by atoms with Crippen molar-refractivity contribution in [3.8, 4) is 0 Å². The van der Waals surface area contributed by atoms with E-state index >= 15 is 0 Å². The van der Waals surface area contributed by atoms with Gasteiger partial charge in [0.05, 0.1) is 17.5 Å². The third-order valence-corrected chi connectivity index (χ3v) is 5.14. The molecule has 0 spiro atoms. The largest absolute Gasteiger partial charge is 0.386 e. The maximum Gasteiger partial charge on any atom is 0.191 e. The van der Waals surface area contributed by atoms with Crippen molar-refractivity contribution in [2.75, 3.05) is 26.2 Å². The van der Waals surface area contributed by atoms with Crippen LogP contribution in [0.4, 0.5) is 0 Å². The van der Waals surface area contributed by atoms with Gasteiger partial charge in [-0.05, 0) is 37.5 Å². The van der Waals surface area contributed by atoms with E-state index in [0.29, 0.717) is 23.4 Å². The number of aliphatic hydroxyl groups is 1. The number of nitrogens with one attached hydrogen (secondary N) is 2. The Morgan fingerprint density at radius 1 is 1.19 bits per heavy atom. The van der Waals surface area contributed by atoms with Crippen molar-refractivity contribution in [3.63, 3.8) is 0 Å². The van der Waals surface area contributed by atoms with E-state index in [-0.39, 0.29) is 0 Å². The Kier molecular flexibility index (Phi) is 10.2. The summed E-state index contributed by atoms with van der Waals surface area (Å²) in [6.45, 7) is 5.29. The van der Waals surface area contributed by atoms with Crippen molar-refractivity contribution in [1.29, 1.82) is 0 Å². The molecule has 0 saturated heterocycles. The van der Waals surface area contributed by atoms with Crippen molar-refractivity contribution in [2.24, 2.45) is 4.99 Å². The molecule has 0 radical (unpaired) electrons. The van der Waals surface area contributed by atoms with E-state index in [4.69, 9.17) is 16.3 Å². The lowest BCUT2D eigenvalue weighted by molar-refractivity contribution is 0.117. The molecule has 0 bridgehead atoms. The molecule has 1 aromatic heterocycles. The van der Waals surface area contributed by atoms with Crippen LogP contribution in [0.15, 0.2) is 47.5 Å². The Hall–Kier alpha value is -1.60. The Morgan fingerprint density at radius 3 is 2.70 bits per heavy atom. The fourth-order valence-electron chi connectivity index (χ4n) is 2.42. The predicted octanol–water partition coefficient (Wildman–Crippen LogP) is 3.99. The highest BCUT2D eigenvalue weighted by Gasteiger charge is 2.10. The van der Waals surface area contributed by atoms with Gasteiger partial charge >= 0.3 is 0 Å². The standard InChI is InChI=1S/C20H28ClN3O2S/c1-2-22-20(24-14-17(25)18-10-11-19(21)27-18)23-12-6-7-13-26-15-16-8-4-3-5-9-16/h3-5,8-11,17,25H,2,6-7,12-15H2,1H3,(H2,22,23,24). The molecule has 148 valence electrons. The fourth-order valence-corrected chi connectivity index (χ4v) is 3.46. The van der Waals surface area contributed by atoms with Crippen molar-refractivity contribution in [3.05, 3.63) is 57.2 Å². The molecule has 1 atom stereocenters. The normalized spacial score (nSPS) is 12.8. The number of rotatable bonds is 11. The highest BCUT2D eigenvalue weighted by molar-refractivity contribution is 7.16. The lowest BCUT2D eigenvalue weighted by Gasteiger charge is -2.12. The smallest absolute Gasteiger partial charge is 0.191 e. The second-order valence-corrected chi connectivity index (χ2v) is 7.80. The number of ether oxygens (including phenoxy) is 1. The van der Waals surface area contributed by atoms with Gasteiger partial charge in [-0.1, -0.05) is 41.9 Å². The number of thiophene rings is 1. The van der Waals surface area contributed by atoms with Crippen LogP contribution < -0.4 is 10.6 Å². The molecule has 5 nitrogen and oxygen atoms in total. The SMILES string of the molecule is CCNC(=NCC(O)c1ccc(Cl)s1)NCCCCOCc1ccccc1. The number of guanidine groups is 1. The first-order valence-corrected chi connectivity index (χ1v) is 10.5. The van der Waals surface area contributed by atoms with Crippen LogP contribution in [0.5, 0.6) is 0 Å². The van der Waals surface area contributed by atoms with Gasteiger partial charge in [0.15, 0.2) is 5.96 Å².